The van der Waals surface area contributed by atoms with E-state index in [-0.39, 0.29) is 5.91 Å². The van der Waals surface area contributed by atoms with Crippen LogP contribution >= 0.6 is 0 Å². The molecular formula is C15H15N3O2. The van der Waals surface area contributed by atoms with Gasteiger partial charge in [0, 0.05) is 13.2 Å². The summed E-state index contributed by atoms with van der Waals surface area (Å²) >= 11 is 0. The lowest BCUT2D eigenvalue weighted by Gasteiger charge is -2.11. The third kappa shape index (κ3) is 2.30. The van der Waals surface area contributed by atoms with Gasteiger partial charge in [-0.15, -0.1) is 0 Å². The molecule has 1 aliphatic heterocycles. The van der Waals surface area contributed by atoms with Gasteiger partial charge in [0.1, 0.15) is 12.3 Å². The Morgan fingerprint density at radius 2 is 2.15 bits per heavy atom. The Morgan fingerprint density at radius 3 is 2.85 bits per heavy atom. The highest BCUT2D eigenvalue weighted by atomic mass is 16.5. The van der Waals surface area contributed by atoms with Gasteiger partial charge in [-0.3, -0.25) is 4.79 Å². The quantitative estimate of drug-likeness (QED) is 0.927. The number of aromatic nitrogens is 1. The number of hydrogen-bond donors (Lipinski definition) is 1. The van der Waals surface area contributed by atoms with Crippen molar-refractivity contribution < 1.29 is 9.53 Å². The molecule has 0 radical (unpaired) electrons. The summed E-state index contributed by atoms with van der Waals surface area (Å²) in [7, 11) is 1.84. The van der Waals surface area contributed by atoms with Crippen molar-refractivity contribution in [3.05, 3.63) is 53.9 Å². The molecule has 0 saturated heterocycles. The first-order valence-electron chi connectivity index (χ1n) is 6.45. The molecule has 1 N–H and O–H groups in total. The van der Waals surface area contributed by atoms with E-state index in [4.69, 9.17) is 4.74 Å². The first-order valence-corrected chi connectivity index (χ1v) is 6.45. The summed E-state index contributed by atoms with van der Waals surface area (Å²) in [6, 6.07) is 11.1. The van der Waals surface area contributed by atoms with Crippen LogP contribution in [0.5, 0.6) is 0 Å². The lowest BCUT2D eigenvalue weighted by atomic mass is 10.1. The second-order valence-corrected chi connectivity index (χ2v) is 4.54. The first kappa shape index (κ1) is 12.5. The summed E-state index contributed by atoms with van der Waals surface area (Å²) < 4.78 is 7.25. The minimum atomic E-state index is -0.149. The van der Waals surface area contributed by atoms with Crippen LogP contribution in [0.15, 0.2) is 47.6 Å². The third-order valence-electron chi connectivity index (χ3n) is 3.17. The van der Waals surface area contributed by atoms with Gasteiger partial charge >= 0.3 is 0 Å². The SMILES string of the molecule is Cn1cccc1C(=O)Nc1ccccc1C1=NCCO1. The molecule has 0 aliphatic carbocycles. The molecule has 1 aromatic carbocycles. The summed E-state index contributed by atoms with van der Waals surface area (Å²) in [6.07, 6.45) is 1.84. The number of anilines is 1. The summed E-state index contributed by atoms with van der Waals surface area (Å²) in [5.74, 6) is 0.441. The molecule has 1 aliphatic rings. The summed E-state index contributed by atoms with van der Waals surface area (Å²) in [6.45, 7) is 1.25. The van der Waals surface area contributed by atoms with Gasteiger partial charge in [0.15, 0.2) is 0 Å². The zero-order chi connectivity index (χ0) is 13.9. The van der Waals surface area contributed by atoms with Crippen molar-refractivity contribution in [2.45, 2.75) is 0 Å². The molecule has 102 valence electrons. The van der Waals surface area contributed by atoms with E-state index in [1.807, 2.05) is 43.6 Å². The predicted molar refractivity (Wildman–Crippen MR) is 77.2 cm³/mol. The highest BCUT2D eigenvalue weighted by molar-refractivity contribution is 6.08. The smallest absolute Gasteiger partial charge is 0.272 e. The zero-order valence-corrected chi connectivity index (χ0v) is 11.2. The first-order chi connectivity index (χ1) is 9.75. The maximum Gasteiger partial charge on any atom is 0.272 e. The largest absolute Gasteiger partial charge is 0.475 e. The Hall–Kier alpha value is -2.56. The molecular weight excluding hydrogens is 254 g/mol. The molecule has 5 heteroatoms. The standard InChI is InChI=1S/C15H15N3O2/c1-18-9-4-7-13(18)14(19)17-12-6-3-2-5-11(12)15-16-8-10-20-15/h2-7,9H,8,10H2,1H3,(H,17,19). The average Bonchev–Trinajstić information content (AvgIpc) is 3.10. The molecule has 0 saturated carbocycles. The van der Waals surface area contributed by atoms with E-state index in [1.54, 1.807) is 10.6 Å². The number of para-hydroxylation sites is 1. The minimum absolute atomic E-state index is 0.149. The van der Waals surface area contributed by atoms with E-state index in [9.17, 15) is 4.79 Å². The number of benzene rings is 1. The van der Waals surface area contributed by atoms with Gasteiger partial charge in [0.25, 0.3) is 5.91 Å². The number of aliphatic imine (C=N–C) groups is 1. The van der Waals surface area contributed by atoms with Crippen LogP contribution in [-0.2, 0) is 11.8 Å². The normalized spacial score (nSPS) is 13.8. The number of ether oxygens (including phenoxy) is 1. The van der Waals surface area contributed by atoms with Crippen LogP contribution in [0.2, 0.25) is 0 Å². The maximum absolute atomic E-state index is 12.3. The number of carbonyl (C=O) groups is 1. The molecule has 5 nitrogen and oxygen atoms in total. The lowest BCUT2D eigenvalue weighted by molar-refractivity contribution is 0.101. The van der Waals surface area contributed by atoms with Crippen LogP contribution in [0.4, 0.5) is 5.69 Å². The van der Waals surface area contributed by atoms with Crippen LogP contribution in [0.3, 0.4) is 0 Å². The summed E-state index contributed by atoms with van der Waals surface area (Å²) in [5.41, 5.74) is 2.13. The molecule has 2 aromatic rings. The molecule has 0 fully saturated rings. The molecule has 20 heavy (non-hydrogen) atoms. The summed E-state index contributed by atoms with van der Waals surface area (Å²) in [5, 5.41) is 2.91. The number of carbonyl (C=O) groups excluding carboxylic acids is 1. The fraction of sp³-hybridized carbons (Fsp3) is 0.200. The van der Waals surface area contributed by atoms with Gasteiger partial charge in [-0.25, -0.2) is 4.99 Å². The Kier molecular flexibility index (Phi) is 3.25. The van der Waals surface area contributed by atoms with E-state index < -0.39 is 0 Å². The number of nitrogens with zero attached hydrogens (tertiary/aromatic N) is 2. The van der Waals surface area contributed by atoms with Crippen LogP contribution in [0.1, 0.15) is 16.1 Å². The van der Waals surface area contributed by atoms with Crippen molar-refractivity contribution in [2.75, 3.05) is 18.5 Å². The molecule has 0 unspecified atom stereocenters. The van der Waals surface area contributed by atoms with Crippen molar-refractivity contribution in [1.82, 2.24) is 4.57 Å². The zero-order valence-electron chi connectivity index (χ0n) is 11.2. The molecule has 0 spiro atoms. The molecule has 0 atom stereocenters. The van der Waals surface area contributed by atoms with Crippen molar-refractivity contribution in [3.63, 3.8) is 0 Å². The average molecular weight is 269 g/mol. The van der Waals surface area contributed by atoms with Gasteiger partial charge in [-0.1, -0.05) is 12.1 Å². The van der Waals surface area contributed by atoms with E-state index in [2.05, 4.69) is 10.3 Å². The van der Waals surface area contributed by atoms with Crippen LogP contribution in [-0.4, -0.2) is 29.5 Å². The predicted octanol–water partition coefficient (Wildman–Crippen LogP) is 2.05. The summed E-state index contributed by atoms with van der Waals surface area (Å²) in [4.78, 5) is 16.5. The van der Waals surface area contributed by atoms with Crippen molar-refractivity contribution in [1.29, 1.82) is 0 Å². The van der Waals surface area contributed by atoms with Crippen molar-refractivity contribution >= 4 is 17.5 Å². The number of rotatable bonds is 3. The number of hydrogen-bond acceptors (Lipinski definition) is 3. The van der Waals surface area contributed by atoms with Gasteiger partial charge in [0.2, 0.25) is 5.90 Å². The second kappa shape index (κ2) is 5.21. The van der Waals surface area contributed by atoms with Crippen LogP contribution in [0, 0.1) is 0 Å². The third-order valence-corrected chi connectivity index (χ3v) is 3.17. The van der Waals surface area contributed by atoms with Gasteiger partial charge in [-0.2, -0.15) is 0 Å². The molecule has 1 aromatic heterocycles. The monoisotopic (exact) mass is 269 g/mol. The van der Waals surface area contributed by atoms with Crippen LogP contribution < -0.4 is 5.32 Å². The molecule has 2 heterocycles. The fourth-order valence-electron chi connectivity index (χ4n) is 2.16. The van der Waals surface area contributed by atoms with Gasteiger partial charge in [-0.05, 0) is 24.3 Å². The van der Waals surface area contributed by atoms with Crippen LogP contribution in [0.25, 0.3) is 0 Å². The van der Waals surface area contributed by atoms with E-state index in [1.165, 1.54) is 0 Å². The Balaban J connectivity index is 1.88. The Morgan fingerprint density at radius 1 is 1.30 bits per heavy atom. The van der Waals surface area contributed by atoms with Gasteiger partial charge in [0.05, 0.1) is 17.8 Å². The highest BCUT2D eigenvalue weighted by Crippen LogP contribution is 2.19. The maximum atomic E-state index is 12.3. The number of amides is 1. The topological polar surface area (TPSA) is 55.6 Å². The molecule has 3 rings (SSSR count). The van der Waals surface area contributed by atoms with E-state index in [0.717, 1.165) is 5.56 Å². The second-order valence-electron chi connectivity index (χ2n) is 4.54. The minimum Gasteiger partial charge on any atom is -0.475 e. The van der Waals surface area contributed by atoms with Crippen molar-refractivity contribution in [3.8, 4) is 0 Å². The fourth-order valence-corrected chi connectivity index (χ4v) is 2.16. The van der Waals surface area contributed by atoms with E-state index in [0.29, 0.717) is 30.4 Å². The lowest BCUT2D eigenvalue weighted by Crippen LogP contribution is -2.17. The van der Waals surface area contributed by atoms with Crippen molar-refractivity contribution in [2.24, 2.45) is 12.0 Å². The Bertz CT molecular complexity index is 673. The number of aryl methyl sites for hydroxylation is 1. The molecule has 0 bridgehead atoms. The van der Waals surface area contributed by atoms with Gasteiger partial charge < -0.3 is 14.6 Å². The number of nitrogens with one attached hydrogen (secondary N) is 1. The highest BCUT2D eigenvalue weighted by Gasteiger charge is 2.17. The molecule has 1 amide bonds. The van der Waals surface area contributed by atoms with E-state index >= 15 is 0 Å². The Labute approximate surface area is 116 Å².